The maximum atomic E-state index is 9.30. The predicted octanol–water partition coefficient (Wildman–Crippen LogP) is 2.44. The van der Waals surface area contributed by atoms with Gasteiger partial charge in [-0.1, -0.05) is 0 Å². The Hall–Kier alpha value is -3.53. The first-order valence-electron chi connectivity index (χ1n) is 8.86. The van der Waals surface area contributed by atoms with Crippen molar-refractivity contribution in [2.75, 3.05) is 36.0 Å². The SMILES string of the molecule is Cc1cc(N2CCN(c3ncccc3C#N)CC2)nc(-c2ccncc2)n1. The molecule has 1 aliphatic rings. The van der Waals surface area contributed by atoms with Crippen molar-refractivity contribution in [1.29, 1.82) is 5.26 Å². The molecule has 27 heavy (non-hydrogen) atoms. The average molecular weight is 357 g/mol. The van der Waals surface area contributed by atoms with Gasteiger partial charge in [0.05, 0.1) is 5.56 Å². The van der Waals surface area contributed by atoms with E-state index in [4.69, 9.17) is 4.98 Å². The van der Waals surface area contributed by atoms with Crippen LogP contribution in [0.4, 0.5) is 11.6 Å². The molecule has 7 nitrogen and oxygen atoms in total. The van der Waals surface area contributed by atoms with Crippen molar-refractivity contribution >= 4 is 11.6 Å². The Morgan fingerprint density at radius 2 is 1.70 bits per heavy atom. The molecule has 0 saturated carbocycles. The van der Waals surface area contributed by atoms with Crippen LogP contribution in [0, 0.1) is 18.3 Å². The number of anilines is 2. The molecule has 1 saturated heterocycles. The van der Waals surface area contributed by atoms with E-state index in [1.54, 1.807) is 24.7 Å². The minimum absolute atomic E-state index is 0.615. The number of hydrogen-bond donors (Lipinski definition) is 0. The molecule has 4 rings (SSSR count). The van der Waals surface area contributed by atoms with E-state index in [0.29, 0.717) is 11.4 Å². The Kier molecular flexibility index (Phi) is 4.62. The van der Waals surface area contributed by atoms with Crippen LogP contribution in [0.5, 0.6) is 0 Å². The summed E-state index contributed by atoms with van der Waals surface area (Å²) in [5, 5.41) is 9.30. The smallest absolute Gasteiger partial charge is 0.161 e. The van der Waals surface area contributed by atoms with Crippen molar-refractivity contribution in [3.05, 3.63) is 60.2 Å². The molecule has 0 radical (unpaired) electrons. The summed E-state index contributed by atoms with van der Waals surface area (Å²) in [6.07, 6.45) is 5.23. The normalized spacial score (nSPS) is 14.1. The quantitative estimate of drug-likeness (QED) is 0.712. The van der Waals surface area contributed by atoms with Crippen LogP contribution < -0.4 is 9.80 Å². The lowest BCUT2D eigenvalue weighted by atomic mass is 10.2. The zero-order valence-electron chi connectivity index (χ0n) is 15.1. The average Bonchev–Trinajstić information content (AvgIpc) is 2.74. The van der Waals surface area contributed by atoms with Crippen LogP contribution in [-0.2, 0) is 0 Å². The number of aryl methyl sites for hydroxylation is 1. The zero-order valence-corrected chi connectivity index (χ0v) is 15.1. The molecular formula is C20H19N7. The molecule has 134 valence electrons. The second-order valence-corrected chi connectivity index (χ2v) is 6.39. The van der Waals surface area contributed by atoms with Gasteiger partial charge in [0, 0.05) is 62.1 Å². The van der Waals surface area contributed by atoms with Gasteiger partial charge in [-0.3, -0.25) is 4.98 Å². The summed E-state index contributed by atoms with van der Waals surface area (Å²) in [5.41, 5.74) is 2.51. The monoisotopic (exact) mass is 357 g/mol. The van der Waals surface area contributed by atoms with Gasteiger partial charge < -0.3 is 9.80 Å². The van der Waals surface area contributed by atoms with E-state index in [9.17, 15) is 5.26 Å². The number of piperazine rings is 1. The zero-order chi connectivity index (χ0) is 18.6. The summed E-state index contributed by atoms with van der Waals surface area (Å²) >= 11 is 0. The van der Waals surface area contributed by atoms with Gasteiger partial charge in [0.25, 0.3) is 0 Å². The molecule has 1 fully saturated rings. The molecule has 0 amide bonds. The Morgan fingerprint density at radius 3 is 2.44 bits per heavy atom. The summed E-state index contributed by atoms with van der Waals surface area (Å²) in [7, 11) is 0. The highest BCUT2D eigenvalue weighted by Gasteiger charge is 2.21. The number of aromatic nitrogens is 4. The standard InChI is InChI=1S/C20H19N7/c1-15-13-18(25-19(24-15)16-4-7-22-8-5-16)26-9-11-27(12-10-26)20-17(14-21)3-2-6-23-20/h2-8,13H,9-12H2,1H3. The van der Waals surface area contributed by atoms with Crippen molar-refractivity contribution in [3.63, 3.8) is 0 Å². The maximum absolute atomic E-state index is 9.30. The Balaban J connectivity index is 1.53. The van der Waals surface area contributed by atoms with E-state index in [-0.39, 0.29) is 0 Å². The lowest BCUT2D eigenvalue weighted by Gasteiger charge is -2.36. The Labute approximate surface area is 158 Å². The molecule has 3 aromatic rings. The van der Waals surface area contributed by atoms with Gasteiger partial charge in [0.15, 0.2) is 5.82 Å². The highest BCUT2D eigenvalue weighted by atomic mass is 15.3. The van der Waals surface area contributed by atoms with Gasteiger partial charge >= 0.3 is 0 Å². The van der Waals surface area contributed by atoms with E-state index in [1.165, 1.54) is 0 Å². The molecule has 0 N–H and O–H groups in total. The van der Waals surface area contributed by atoms with Gasteiger partial charge in [-0.05, 0) is 31.2 Å². The molecular weight excluding hydrogens is 338 g/mol. The summed E-state index contributed by atoms with van der Waals surface area (Å²) in [4.78, 5) is 22.2. The largest absolute Gasteiger partial charge is 0.353 e. The third-order valence-corrected chi connectivity index (χ3v) is 4.59. The van der Waals surface area contributed by atoms with Crippen molar-refractivity contribution in [2.45, 2.75) is 6.92 Å². The molecule has 0 unspecified atom stereocenters. The van der Waals surface area contributed by atoms with Gasteiger partial charge in [0.1, 0.15) is 17.7 Å². The fraction of sp³-hybridized carbons (Fsp3) is 0.250. The van der Waals surface area contributed by atoms with Gasteiger partial charge in [-0.15, -0.1) is 0 Å². The van der Waals surface area contributed by atoms with Gasteiger partial charge in [-0.2, -0.15) is 5.26 Å². The van der Waals surface area contributed by atoms with Crippen LogP contribution in [-0.4, -0.2) is 46.1 Å². The van der Waals surface area contributed by atoms with Crippen LogP contribution in [0.1, 0.15) is 11.3 Å². The number of nitrogens with zero attached hydrogens (tertiary/aromatic N) is 7. The maximum Gasteiger partial charge on any atom is 0.161 e. The first-order chi connectivity index (χ1) is 13.2. The minimum Gasteiger partial charge on any atom is -0.353 e. The second-order valence-electron chi connectivity index (χ2n) is 6.39. The summed E-state index contributed by atoms with van der Waals surface area (Å²) < 4.78 is 0. The van der Waals surface area contributed by atoms with Crippen molar-refractivity contribution < 1.29 is 0 Å². The van der Waals surface area contributed by atoms with Crippen LogP contribution in [0.2, 0.25) is 0 Å². The van der Waals surface area contributed by atoms with Crippen LogP contribution >= 0.6 is 0 Å². The number of nitriles is 1. The first kappa shape index (κ1) is 16.9. The van der Waals surface area contributed by atoms with Crippen molar-refractivity contribution in [2.24, 2.45) is 0 Å². The molecule has 1 aliphatic heterocycles. The van der Waals surface area contributed by atoms with Gasteiger partial charge in [-0.25, -0.2) is 15.0 Å². The molecule has 3 aromatic heterocycles. The van der Waals surface area contributed by atoms with Crippen molar-refractivity contribution in [3.8, 4) is 17.5 Å². The molecule has 0 aromatic carbocycles. The van der Waals surface area contributed by atoms with Crippen molar-refractivity contribution in [1.82, 2.24) is 19.9 Å². The van der Waals surface area contributed by atoms with E-state index < -0.39 is 0 Å². The highest BCUT2D eigenvalue weighted by Crippen LogP contribution is 2.23. The molecule has 0 atom stereocenters. The number of pyridine rings is 2. The fourth-order valence-electron chi connectivity index (χ4n) is 3.23. The second kappa shape index (κ2) is 7.38. The third kappa shape index (κ3) is 3.55. The lowest BCUT2D eigenvalue weighted by Crippen LogP contribution is -2.47. The van der Waals surface area contributed by atoms with Crippen LogP contribution in [0.3, 0.4) is 0 Å². The minimum atomic E-state index is 0.615. The molecule has 0 aliphatic carbocycles. The Bertz CT molecular complexity index is 973. The van der Waals surface area contributed by atoms with E-state index in [2.05, 4.69) is 30.8 Å². The predicted molar refractivity (Wildman–Crippen MR) is 103 cm³/mol. The number of hydrogen-bond acceptors (Lipinski definition) is 7. The summed E-state index contributed by atoms with van der Waals surface area (Å²) in [6, 6.07) is 11.7. The van der Waals surface area contributed by atoms with E-state index in [1.807, 2.05) is 31.2 Å². The molecule has 0 spiro atoms. The van der Waals surface area contributed by atoms with E-state index >= 15 is 0 Å². The molecule has 7 heteroatoms. The fourth-order valence-corrected chi connectivity index (χ4v) is 3.23. The third-order valence-electron chi connectivity index (χ3n) is 4.59. The topological polar surface area (TPSA) is 81.8 Å². The first-order valence-corrected chi connectivity index (χ1v) is 8.86. The number of rotatable bonds is 3. The summed E-state index contributed by atoms with van der Waals surface area (Å²) in [6.45, 7) is 5.19. The van der Waals surface area contributed by atoms with Gasteiger partial charge in [0.2, 0.25) is 0 Å². The molecule has 4 heterocycles. The van der Waals surface area contributed by atoms with Crippen LogP contribution in [0.25, 0.3) is 11.4 Å². The lowest BCUT2D eigenvalue weighted by molar-refractivity contribution is 0.640. The van der Waals surface area contributed by atoms with Crippen LogP contribution in [0.15, 0.2) is 48.9 Å². The Morgan fingerprint density at radius 1 is 0.963 bits per heavy atom. The van der Waals surface area contributed by atoms with E-state index in [0.717, 1.165) is 49.1 Å². The molecule has 0 bridgehead atoms. The summed E-state index contributed by atoms with van der Waals surface area (Å²) in [5.74, 6) is 2.40. The highest BCUT2D eigenvalue weighted by molar-refractivity contribution is 5.58.